The minimum Gasteiger partial charge on any atom is -0.493 e. The summed E-state index contributed by atoms with van der Waals surface area (Å²) in [5.41, 5.74) is 1.22. The second-order valence-corrected chi connectivity index (χ2v) is 10.7. The molecule has 1 aliphatic rings. The maximum absolute atomic E-state index is 13.8. The van der Waals surface area contributed by atoms with Gasteiger partial charge in [0, 0.05) is 12.1 Å². The normalized spacial score (nSPS) is 16.0. The van der Waals surface area contributed by atoms with Gasteiger partial charge in [-0.15, -0.1) is 0 Å². The van der Waals surface area contributed by atoms with Gasteiger partial charge in [-0.2, -0.15) is 0 Å². The van der Waals surface area contributed by atoms with E-state index < -0.39 is 39.4 Å². The molecule has 0 fully saturated rings. The summed E-state index contributed by atoms with van der Waals surface area (Å²) in [6, 6.07) is 16.9. The molecule has 0 bridgehead atoms. The fourth-order valence-electron chi connectivity index (χ4n) is 4.36. The molecule has 4 rings (SSSR count). The van der Waals surface area contributed by atoms with E-state index in [-0.39, 0.29) is 23.6 Å². The highest BCUT2D eigenvalue weighted by Crippen LogP contribution is 2.42. The van der Waals surface area contributed by atoms with Crippen LogP contribution >= 0.6 is 0 Å². The maximum atomic E-state index is 13.8. The third kappa shape index (κ3) is 5.73. The predicted molar refractivity (Wildman–Crippen MR) is 144 cm³/mol. The van der Waals surface area contributed by atoms with E-state index in [9.17, 15) is 22.8 Å². The van der Waals surface area contributed by atoms with E-state index in [1.165, 1.54) is 43.4 Å². The Morgan fingerprint density at radius 1 is 0.974 bits per heavy atom. The lowest BCUT2D eigenvalue weighted by Gasteiger charge is -2.22. The number of ether oxygens (including phenoxy) is 3. The van der Waals surface area contributed by atoms with Crippen LogP contribution in [0.3, 0.4) is 0 Å². The van der Waals surface area contributed by atoms with Gasteiger partial charge in [-0.25, -0.2) is 13.2 Å². The zero-order chi connectivity index (χ0) is 28.2. The van der Waals surface area contributed by atoms with Gasteiger partial charge in [-0.05, 0) is 61.0 Å². The number of carbonyl (C=O) groups excluding carboxylic acids is 3. The lowest BCUT2D eigenvalue weighted by atomic mass is 10.1. The smallest absolute Gasteiger partial charge is 0.338 e. The van der Waals surface area contributed by atoms with Crippen molar-refractivity contribution in [1.82, 2.24) is 0 Å². The number of hydrogen-bond acceptors (Lipinski definition) is 8. The average Bonchev–Trinajstić information content (AvgIpc) is 3.01. The van der Waals surface area contributed by atoms with E-state index >= 15 is 0 Å². The van der Waals surface area contributed by atoms with Gasteiger partial charge in [0.1, 0.15) is 6.54 Å². The number of rotatable bonds is 8. The number of methoxy groups -OCH3 is 2. The van der Waals surface area contributed by atoms with E-state index in [0.29, 0.717) is 28.3 Å². The van der Waals surface area contributed by atoms with Crippen LogP contribution in [0, 0.1) is 0 Å². The van der Waals surface area contributed by atoms with Crippen molar-refractivity contribution in [3.8, 4) is 11.5 Å². The number of fused-ring (bicyclic) bond motifs is 1. The number of anilines is 2. The first-order chi connectivity index (χ1) is 18.7. The van der Waals surface area contributed by atoms with Crippen molar-refractivity contribution >= 4 is 39.0 Å². The van der Waals surface area contributed by atoms with Gasteiger partial charge >= 0.3 is 5.97 Å². The van der Waals surface area contributed by atoms with Crippen LogP contribution in [-0.2, 0) is 24.2 Å². The summed E-state index contributed by atoms with van der Waals surface area (Å²) in [4.78, 5) is 39.4. The van der Waals surface area contributed by atoms with Crippen LogP contribution in [0.25, 0.3) is 0 Å². The van der Waals surface area contributed by atoms with Gasteiger partial charge < -0.3 is 24.4 Å². The number of benzene rings is 3. The molecule has 1 heterocycles. The van der Waals surface area contributed by atoms with Crippen molar-refractivity contribution in [3.63, 3.8) is 0 Å². The zero-order valence-corrected chi connectivity index (χ0v) is 22.5. The highest BCUT2D eigenvalue weighted by molar-refractivity contribution is 7.92. The van der Waals surface area contributed by atoms with Crippen LogP contribution in [-0.4, -0.2) is 53.6 Å². The minimum atomic E-state index is -4.03. The summed E-state index contributed by atoms with van der Waals surface area (Å²) in [6.07, 6.45) is -0.381. The van der Waals surface area contributed by atoms with Crippen molar-refractivity contribution < 1.29 is 37.0 Å². The lowest BCUT2D eigenvalue weighted by molar-refractivity contribution is -0.121. The minimum absolute atomic E-state index is 0.0535. The third-order valence-corrected chi connectivity index (χ3v) is 8.41. The number of sulfone groups is 1. The first-order valence-corrected chi connectivity index (χ1v) is 13.7. The van der Waals surface area contributed by atoms with Crippen molar-refractivity contribution in [2.75, 3.05) is 37.6 Å². The summed E-state index contributed by atoms with van der Waals surface area (Å²) < 4.78 is 43.1. The summed E-state index contributed by atoms with van der Waals surface area (Å²) in [5.74, 6) is -0.791. The third-order valence-electron chi connectivity index (χ3n) is 6.26. The number of amides is 2. The van der Waals surface area contributed by atoms with Crippen LogP contribution in [0.4, 0.5) is 11.4 Å². The van der Waals surface area contributed by atoms with E-state index in [0.717, 1.165) is 0 Å². The van der Waals surface area contributed by atoms with Crippen LogP contribution in [0.15, 0.2) is 71.6 Å². The SMILES string of the molecule is CCOC(=O)c1ccc(NC(=O)CN2C(=O)CC(c3ccc(OC)c(OC)c3)S(=O)(=O)c3ccccc32)cc1. The van der Waals surface area contributed by atoms with Crippen LogP contribution in [0.5, 0.6) is 11.5 Å². The van der Waals surface area contributed by atoms with E-state index in [1.54, 1.807) is 49.4 Å². The molecule has 2 amide bonds. The highest BCUT2D eigenvalue weighted by atomic mass is 32.2. The fourth-order valence-corrected chi connectivity index (χ4v) is 6.27. The van der Waals surface area contributed by atoms with Crippen LogP contribution in [0.1, 0.15) is 34.5 Å². The molecule has 1 N–H and O–H groups in total. The first kappa shape index (κ1) is 27.6. The fraction of sp³-hybridized carbons (Fsp3) is 0.250. The first-order valence-electron chi connectivity index (χ1n) is 12.1. The van der Waals surface area contributed by atoms with E-state index in [4.69, 9.17) is 14.2 Å². The van der Waals surface area contributed by atoms with Crippen LogP contribution in [0.2, 0.25) is 0 Å². The second kappa shape index (κ2) is 11.6. The van der Waals surface area contributed by atoms with Gasteiger partial charge in [0.05, 0.1) is 42.2 Å². The summed E-state index contributed by atoms with van der Waals surface area (Å²) in [6.45, 7) is 1.53. The quantitative estimate of drug-likeness (QED) is 0.418. The number of nitrogens with zero attached hydrogens (tertiary/aromatic N) is 1. The number of para-hydroxylation sites is 1. The molecule has 0 spiro atoms. The highest BCUT2D eigenvalue weighted by Gasteiger charge is 2.40. The Morgan fingerprint density at radius 3 is 2.33 bits per heavy atom. The standard InChI is InChI=1S/C28H28N2O8S/c1-4-38-28(33)18-9-12-20(13-10-18)29-26(31)17-30-21-7-5-6-8-24(21)39(34,35)25(16-27(30)32)19-11-14-22(36-2)23(15-19)37-3/h5-15,25H,4,16-17H2,1-3H3,(H,29,31). The van der Waals surface area contributed by atoms with Crippen molar-refractivity contribution in [3.05, 3.63) is 77.9 Å². The molecule has 0 saturated heterocycles. The molecule has 1 atom stereocenters. The molecule has 0 saturated carbocycles. The second-order valence-electron chi connectivity index (χ2n) is 8.65. The number of nitrogens with one attached hydrogen (secondary N) is 1. The molecule has 3 aromatic rings. The van der Waals surface area contributed by atoms with Crippen molar-refractivity contribution in [2.24, 2.45) is 0 Å². The summed E-state index contributed by atoms with van der Waals surface area (Å²) in [5, 5.41) is 1.49. The Kier molecular flexibility index (Phi) is 8.20. The van der Waals surface area contributed by atoms with Crippen molar-refractivity contribution in [2.45, 2.75) is 23.5 Å². The maximum Gasteiger partial charge on any atom is 0.338 e. The summed E-state index contributed by atoms with van der Waals surface area (Å²) in [7, 11) is -1.12. The van der Waals surface area contributed by atoms with Gasteiger partial charge in [-0.1, -0.05) is 18.2 Å². The Morgan fingerprint density at radius 2 is 1.67 bits per heavy atom. The Labute approximate surface area is 226 Å². The van der Waals surface area contributed by atoms with Crippen molar-refractivity contribution in [1.29, 1.82) is 0 Å². The molecule has 3 aromatic carbocycles. The largest absolute Gasteiger partial charge is 0.493 e. The molecule has 1 unspecified atom stereocenters. The molecular formula is C28H28N2O8S. The predicted octanol–water partition coefficient (Wildman–Crippen LogP) is 3.77. The average molecular weight is 553 g/mol. The summed E-state index contributed by atoms with van der Waals surface area (Å²) >= 11 is 0. The van der Waals surface area contributed by atoms with Gasteiger partial charge in [0.25, 0.3) is 0 Å². The Hall–Kier alpha value is -4.38. The molecule has 0 aliphatic carbocycles. The monoisotopic (exact) mass is 552 g/mol. The van der Waals surface area contributed by atoms with E-state index in [1.807, 2.05) is 0 Å². The molecule has 1 aliphatic heterocycles. The number of hydrogen-bond donors (Lipinski definition) is 1. The molecule has 39 heavy (non-hydrogen) atoms. The van der Waals surface area contributed by atoms with Crippen LogP contribution < -0.4 is 19.7 Å². The Bertz CT molecular complexity index is 1500. The molecule has 0 aromatic heterocycles. The number of esters is 1. The topological polar surface area (TPSA) is 128 Å². The zero-order valence-electron chi connectivity index (χ0n) is 21.7. The Balaban J connectivity index is 1.62. The van der Waals surface area contributed by atoms with Gasteiger partial charge in [0.15, 0.2) is 21.3 Å². The lowest BCUT2D eigenvalue weighted by Crippen LogP contribution is -2.38. The molecule has 10 nitrogen and oxygen atoms in total. The molecular weight excluding hydrogens is 524 g/mol. The van der Waals surface area contributed by atoms with Gasteiger partial charge in [-0.3, -0.25) is 9.59 Å². The molecule has 204 valence electrons. The molecule has 11 heteroatoms. The van der Waals surface area contributed by atoms with E-state index in [2.05, 4.69) is 5.32 Å². The molecule has 0 radical (unpaired) electrons. The number of carbonyl (C=O) groups is 3. The van der Waals surface area contributed by atoms with Gasteiger partial charge in [0.2, 0.25) is 11.8 Å².